The van der Waals surface area contributed by atoms with Crippen LogP contribution in [0.15, 0.2) is 59.4 Å². The molecule has 0 aliphatic carbocycles. The number of pyridine rings is 1. The number of aryl methyl sites for hydroxylation is 3. The van der Waals surface area contributed by atoms with E-state index in [9.17, 15) is 14.7 Å². The fraction of sp³-hybridized carbons (Fsp3) is 0.321. The number of hydrogen-bond donors (Lipinski definition) is 1. The van der Waals surface area contributed by atoms with Gasteiger partial charge < -0.3 is 9.67 Å². The number of benzene rings is 2. The Labute approximate surface area is 198 Å². The lowest BCUT2D eigenvalue weighted by atomic mass is 9.87. The molecule has 5 rings (SSSR count). The molecule has 2 aromatic carbocycles. The van der Waals surface area contributed by atoms with E-state index >= 15 is 0 Å². The van der Waals surface area contributed by atoms with Gasteiger partial charge in [-0.05, 0) is 30.9 Å². The number of carboxylic acids is 1. The maximum atomic E-state index is 14.1. The Kier molecular flexibility index (Phi) is 5.82. The van der Waals surface area contributed by atoms with Gasteiger partial charge in [0.15, 0.2) is 5.65 Å². The molecule has 6 nitrogen and oxygen atoms in total. The molecular formula is C28H29N3O3. The van der Waals surface area contributed by atoms with Crippen LogP contribution < -0.4 is 5.56 Å². The van der Waals surface area contributed by atoms with Crippen LogP contribution in [0.2, 0.25) is 0 Å². The molecule has 34 heavy (non-hydrogen) atoms. The van der Waals surface area contributed by atoms with Crippen molar-refractivity contribution in [1.29, 1.82) is 0 Å². The number of carboxylic acid groups (broad SMARTS) is 1. The Hall–Kier alpha value is -3.67. The van der Waals surface area contributed by atoms with Crippen LogP contribution in [0.25, 0.3) is 22.3 Å². The zero-order valence-corrected chi connectivity index (χ0v) is 19.6. The van der Waals surface area contributed by atoms with Crippen molar-refractivity contribution in [2.45, 2.75) is 58.5 Å². The molecular weight excluding hydrogens is 426 g/mol. The first-order valence-corrected chi connectivity index (χ1v) is 12.0. The molecule has 4 aromatic rings. The zero-order chi connectivity index (χ0) is 23.8. The molecule has 0 spiro atoms. The summed E-state index contributed by atoms with van der Waals surface area (Å²) in [4.78, 5) is 31.6. The number of aromatic nitrogens is 3. The van der Waals surface area contributed by atoms with Crippen molar-refractivity contribution in [3.8, 4) is 11.1 Å². The first-order valence-electron chi connectivity index (χ1n) is 12.0. The molecule has 174 valence electrons. The Morgan fingerprint density at radius 3 is 2.53 bits per heavy atom. The van der Waals surface area contributed by atoms with E-state index in [2.05, 4.69) is 4.57 Å². The van der Waals surface area contributed by atoms with Gasteiger partial charge in [-0.3, -0.25) is 14.2 Å². The second-order valence-electron chi connectivity index (χ2n) is 9.17. The largest absolute Gasteiger partial charge is 0.481 e. The van der Waals surface area contributed by atoms with Crippen molar-refractivity contribution in [3.05, 3.63) is 87.5 Å². The highest BCUT2D eigenvalue weighted by Crippen LogP contribution is 2.38. The second kappa shape index (κ2) is 8.93. The summed E-state index contributed by atoms with van der Waals surface area (Å²) in [6.07, 6.45) is 2.93. The summed E-state index contributed by atoms with van der Waals surface area (Å²) in [5.41, 5.74) is 5.32. The van der Waals surface area contributed by atoms with Crippen molar-refractivity contribution in [1.82, 2.24) is 14.1 Å². The first-order chi connectivity index (χ1) is 16.5. The average Bonchev–Trinajstić information content (AvgIpc) is 3.42. The molecule has 0 saturated heterocycles. The maximum Gasteiger partial charge on any atom is 0.311 e. The van der Waals surface area contributed by atoms with Crippen LogP contribution in [0.5, 0.6) is 0 Å². The monoisotopic (exact) mass is 455 g/mol. The molecule has 1 aliphatic heterocycles. The van der Waals surface area contributed by atoms with Crippen LogP contribution in [0.3, 0.4) is 0 Å². The number of hydrogen-bond acceptors (Lipinski definition) is 3. The summed E-state index contributed by atoms with van der Waals surface area (Å²) >= 11 is 0. The molecule has 2 aromatic heterocycles. The van der Waals surface area contributed by atoms with Gasteiger partial charge in [0.25, 0.3) is 5.56 Å². The van der Waals surface area contributed by atoms with Gasteiger partial charge in [0.1, 0.15) is 5.82 Å². The van der Waals surface area contributed by atoms with Crippen LogP contribution in [0.4, 0.5) is 0 Å². The minimum atomic E-state index is -0.959. The number of nitrogens with zero attached hydrogens (tertiary/aromatic N) is 3. The van der Waals surface area contributed by atoms with E-state index in [4.69, 9.17) is 4.98 Å². The predicted molar refractivity (Wildman–Crippen MR) is 133 cm³/mol. The van der Waals surface area contributed by atoms with Gasteiger partial charge in [0.2, 0.25) is 0 Å². The number of rotatable bonds is 7. The molecule has 0 amide bonds. The smallest absolute Gasteiger partial charge is 0.311 e. The lowest BCUT2D eigenvalue weighted by molar-refractivity contribution is -0.139. The molecule has 0 fully saturated rings. The summed E-state index contributed by atoms with van der Waals surface area (Å²) in [6, 6.07) is 17.8. The topological polar surface area (TPSA) is 77.1 Å². The highest BCUT2D eigenvalue weighted by atomic mass is 16.4. The minimum Gasteiger partial charge on any atom is -0.481 e. The van der Waals surface area contributed by atoms with E-state index < -0.39 is 11.9 Å². The quantitative estimate of drug-likeness (QED) is 0.419. The van der Waals surface area contributed by atoms with Gasteiger partial charge in [-0.2, -0.15) is 0 Å². The normalized spacial score (nSPS) is 13.8. The van der Waals surface area contributed by atoms with E-state index in [1.54, 1.807) is 4.57 Å². The van der Waals surface area contributed by atoms with Crippen molar-refractivity contribution >= 4 is 17.1 Å². The molecule has 1 N–H and O–H groups in total. The third-order valence-electron chi connectivity index (χ3n) is 6.80. The fourth-order valence-corrected chi connectivity index (χ4v) is 5.15. The van der Waals surface area contributed by atoms with Gasteiger partial charge in [-0.15, -0.1) is 0 Å². The fourth-order valence-electron chi connectivity index (χ4n) is 5.15. The average molecular weight is 456 g/mol. The molecule has 3 heterocycles. The number of aliphatic carboxylic acids is 1. The summed E-state index contributed by atoms with van der Waals surface area (Å²) in [6.45, 7) is 5.15. The Balaban J connectivity index is 1.90. The van der Waals surface area contributed by atoms with E-state index in [1.807, 2.05) is 68.4 Å². The van der Waals surface area contributed by atoms with Crippen LogP contribution in [0.1, 0.15) is 54.6 Å². The van der Waals surface area contributed by atoms with Crippen LogP contribution >= 0.6 is 0 Å². The third kappa shape index (κ3) is 3.73. The summed E-state index contributed by atoms with van der Waals surface area (Å²) in [5.74, 6) is -0.879. The minimum absolute atomic E-state index is 0.260. The van der Waals surface area contributed by atoms with E-state index in [0.717, 1.165) is 53.0 Å². The summed E-state index contributed by atoms with van der Waals surface area (Å²) < 4.78 is 3.88. The standard InChI is InChI=1S/C28H29N3O3/c1-3-8-21(28(33)34)24-23(20-14-12-18(2)13-15-20)25-26(29-22-11-7-16-30(22)25)31(27(24)32)17-19-9-5-4-6-10-19/h4-6,9-10,12-15,21H,3,7-8,11,16-17H2,1-2H3,(H,33,34). The molecule has 1 atom stereocenters. The third-order valence-corrected chi connectivity index (χ3v) is 6.80. The van der Waals surface area contributed by atoms with E-state index in [1.165, 1.54) is 0 Å². The lowest BCUT2D eigenvalue weighted by Gasteiger charge is -2.21. The van der Waals surface area contributed by atoms with Crippen LogP contribution in [0, 0.1) is 6.92 Å². The van der Waals surface area contributed by atoms with Gasteiger partial charge >= 0.3 is 5.97 Å². The zero-order valence-electron chi connectivity index (χ0n) is 19.6. The molecule has 0 radical (unpaired) electrons. The lowest BCUT2D eigenvalue weighted by Crippen LogP contribution is -2.30. The van der Waals surface area contributed by atoms with Gasteiger partial charge in [-0.25, -0.2) is 4.98 Å². The van der Waals surface area contributed by atoms with Crippen molar-refractivity contribution in [3.63, 3.8) is 0 Å². The molecule has 6 heteroatoms. The molecule has 0 bridgehead atoms. The Morgan fingerprint density at radius 2 is 1.85 bits per heavy atom. The van der Waals surface area contributed by atoms with Crippen molar-refractivity contribution in [2.75, 3.05) is 0 Å². The highest BCUT2D eigenvalue weighted by molar-refractivity contribution is 5.95. The maximum absolute atomic E-state index is 14.1. The van der Waals surface area contributed by atoms with Gasteiger partial charge in [0.05, 0.1) is 18.0 Å². The predicted octanol–water partition coefficient (Wildman–Crippen LogP) is 5.14. The number of imidazole rings is 1. The SMILES string of the molecule is CCCC(C(=O)O)c1c(-c2ccc(C)cc2)c2c(nc3n2CCC3)n(Cc2ccccc2)c1=O. The van der Waals surface area contributed by atoms with Crippen LogP contribution in [-0.4, -0.2) is 25.2 Å². The molecule has 1 aliphatic rings. The van der Waals surface area contributed by atoms with E-state index in [0.29, 0.717) is 30.6 Å². The van der Waals surface area contributed by atoms with Gasteiger partial charge in [-0.1, -0.05) is 73.5 Å². The Morgan fingerprint density at radius 1 is 1.12 bits per heavy atom. The summed E-state index contributed by atoms with van der Waals surface area (Å²) in [7, 11) is 0. The first kappa shape index (κ1) is 22.1. The van der Waals surface area contributed by atoms with Gasteiger partial charge in [0, 0.05) is 24.1 Å². The summed E-state index contributed by atoms with van der Waals surface area (Å²) in [5, 5.41) is 10.2. The van der Waals surface area contributed by atoms with Crippen LogP contribution in [-0.2, 0) is 24.3 Å². The van der Waals surface area contributed by atoms with Crippen molar-refractivity contribution < 1.29 is 9.90 Å². The van der Waals surface area contributed by atoms with E-state index in [-0.39, 0.29) is 5.56 Å². The second-order valence-corrected chi connectivity index (χ2v) is 9.17. The molecule has 0 saturated carbocycles. The number of fused-ring (bicyclic) bond motifs is 3. The Bertz CT molecular complexity index is 1420. The highest BCUT2D eigenvalue weighted by Gasteiger charge is 2.32. The molecule has 1 unspecified atom stereocenters. The number of carbonyl (C=O) groups is 1. The van der Waals surface area contributed by atoms with Crippen molar-refractivity contribution in [2.24, 2.45) is 0 Å².